The van der Waals surface area contributed by atoms with Gasteiger partial charge in [0.05, 0.1) is 5.56 Å². The fraction of sp³-hybridized carbons (Fsp3) is 0.133. The number of hydrogen-bond donors (Lipinski definition) is 1. The van der Waals surface area contributed by atoms with Gasteiger partial charge in [-0.15, -0.1) is 0 Å². The van der Waals surface area contributed by atoms with E-state index in [2.05, 4.69) is 4.74 Å². The van der Waals surface area contributed by atoms with E-state index in [1.165, 1.54) is 12.1 Å². The molecule has 0 heterocycles. The zero-order valence-corrected chi connectivity index (χ0v) is 11.0. The topological polar surface area (TPSA) is 46.5 Å². The van der Waals surface area contributed by atoms with Crippen LogP contribution >= 0.6 is 0 Å². The Balaban J connectivity index is 2.31. The van der Waals surface area contributed by atoms with Crippen molar-refractivity contribution < 1.29 is 32.2 Å². The Labute approximate surface area is 122 Å². The van der Waals surface area contributed by atoms with Gasteiger partial charge >= 0.3 is 12.1 Å². The lowest BCUT2D eigenvalue weighted by Gasteiger charge is -2.14. The van der Waals surface area contributed by atoms with Crippen LogP contribution in [0.3, 0.4) is 0 Å². The summed E-state index contributed by atoms with van der Waals surface area (Å²) in [5.74, 6) is -2.17. The molecule has 2 aromatic carbocycles. The number of carboxylic acids is 1. The molecule has 1 N–H and O–H groups in total. The van der Waals surface area contributed by atoms with E-state index in [9.17, 15) is 22.4 Å². The molecule has 0 fully saturated rings. The summed E-state index contributed by atoms with van der Waals surface area (Å²) in [4.78, 5) is 10.9. The largest absolute Gasteiger partial charge is 0.478 e. The maximum atomic E-state index is 13.8. The van der Waals surface area contributed by atoms with Crippen molar-refractivity contribution in [1.29, 1.82) is 0 Å². The second-order valence-corrected chi connectivity index (χ2v) is 4.40. The van der Waals surface area contributed by atoms with Crippen LogP contribution in [0.1, 0.15) is 10.4 Å². The van der Waals surface area contributed by atoms with Crippen molar-refractivity contribution in [2.45, 2.75) is 6.11 Å². The molecule has 0 aliphatic rings. The van der Waals surface area contributed by atoms with E-state index in [1.54, 1.807) is 0 Å². The van der Waals surface area contributed by atoms with Crippen molar-refractivity contribution in [3.05, 3.63) is 53.8 Å². The molecule has 0 unspecified atom stereocenters. The van der Waals surface area contributed by atoms with Gasteiger partial charge in [-0.25, -0.2) is 13.6 Å². The summed E-state index contributed by atoms with van der Waals surface area (Å²) >= 11 is 0. The number of halogens is 4. The van der Waals surface area contributed by atoms with E-state index < -0.39 is 24.6 Å². The summed E-state index contributed by atoms with van der Waals surface area (Å²) in [6.45, 7) is -1.97. The Morgan fingerprint density at radius 3 is 2.32 bits per heavy atom. The number of alkyl halides is 3. The highest BCUT2D eigenvalue weighted by molar-refractivity contribution is 5.89. The number of benzene rings is 2. The number of carbonyl (C=O) groups is 1. The van der Waals surface area contributed by atoms with Gasteiger partial charge in [-0.05, 0) is 35.9 Å². The van der Waals surface area contributed by atoms with Crippen LogP contribution in [0.2, 0.25) is 0 Å². The third kappa shape index (κ3) is 3.55. The first-order valence-electron chi connectivity index (χ1n) is 6.08. The molecule has 22 heavy (non-hydrogen) atoms. The van der Waals surface area contributed by atoms with Gasteiger partial charge in [-0.1, -0.05) is 12.1 Å². The Bertz CT molecular complexity index is 684. The van der Waals surface area contributed by atoms with E-state index in [0.29, 0.717) is 0 Å². The van der Waals surface area contributed by atoms with Crippen LogP contribution in [0.5, 0.6) is 5.75 Å². The first-order valence-corrected chi connectivity index (χ1v) is 6.08. The van der Waals surface area contributed by atoms with Crippen LogP contribution < -0.4 is 4.74 Å². The van der Waals surface area contributed by atoms with Gasteiger partial charge in [0, 0.05) is 5.56 Å². The number of carboxylic acid groups (broad SMARTS) is 1. The molecular weight excluding hydrogens is 304 g/mol. The molecule has 0 bridgehead atoms. The van der Waals surface area contributed by atoms with Crippen molar-refractivity contribution in [2.75, 3.05) is 6.67 Å². The smallest absolute Gasteiger partial charge is 0.427 e. The highest BCUT2D eigenvalue weighted by Gasteiger charge is 2.31. The number of rotatable bonds is 5. The molecule has 0 aliphatic carbocycles. The van der Waals surface area contributed by atoms with Crippen molar-refractivity contribution in [2.24, 2.45) is 0 Å². The minimum absolute atomic E-state index is 0.00343. The lowest BCUT2D eigenvalue weighted by molar-refractivity contribution is -0.186. The van der Waals surface area contributed by atoms with Crippen LogP contribution in [0, 0.1) is 5.82 Å². The van der Waals surface area contributed by atoms with Crippen LogP contribution in [-0.4, -0.2) is 23.9 Å². The molecule has 0 radical (unpaired) electrons. The van der Waals surface area contributed by atoms with Gasteiger partial charge < -0.3 is 9.84 Å². The lowest BCUT2D eigenvalue weighted by atomic mass is 10.0. The average Bonchev–Trinajstić information content (AvgIpc) is 2.48. The average molecular weight is 314 g/mol. The summed E-state index contributed by atoms with van der Waals surface area (Å²) in [5.41, 5.74) is 0.168. The molecule has 116 valence electrons. The van der Waals surface area contributed by atoms with Crippen molar-refractivity contribution in [3.8, 4) is 16.9 Å². The predicted octanol–water partition coefficient (Wildman–Crippen LogP) is 4.13. The first kappa shape index (κ1) is 15.8. The fourth-order valence-electron chi connectivity index (χ4n) is 1.78. The Hall–Kier alpha value is -2.57. The molecule has 7 heteroatoms. The normalized spacial score (nSPS) is 11.3. The molecule has 0 amide bonds. The second-order valence-electron chi connectivity index (χ2n) is 4.40. The monoisotopic (exact) mass is 314 g/mol. The van der Waals surface area contributed by atoms with Gasteiger partial charge in [0.15, 0.2) is 6.67 Å². The van der Waals surface area contributed by atoms with Crippen LogP contribution in [-0.2, 0) is 0 Å². The Morgan fingerprint density at radius 1 is 1.14 bits per heavy atom. The summed E-state index contributed by atoms with van der Waals surface area (Å²) in [5, 5.41) is 8.88. The molecule has 2 rings (SSSR count). The minimum Gasteiger partial charge on any atom is -0.478 e. The van der Waals surface area contributed by atoms with Crippen molar-refractivity contribution in [3.63, 3.8) is 0 Å². The summed E-state index contributed by atoms with van der Waals surface area (Å²) < 4.78 is 55.4. The maximum absolute atomic E-state index is 13.8. The lowest BCUT2D eigenvalue weighted by Crippen LogP contribution is -2.26. The number of aromatic carboxylic acids is 1. The minimum atomic E-state index is -3.93. The van der Waals surface area contributed by atoms with Crippen molar-refractivity contribution in [1.82, 2.24) is 0 Å². The van der Waals surface area contributed by atoms with E-state index in [1.807, 2.05) is 0 Å². The fourth-order valence-corrected chi connectivity index (χ4v) is 1.78. The third-order valence-corrected chi connectivity index (χ3v) is 2.80. The molecule has 0 aromatic heterocycles. The predicted molar refractivity (Wildman–Crippen MR) is 70.3 cm³/mol. The van der Waals surface area contributed by atoms with Crippen LogP contribution in [0.4, 0.5) is 17.6 Å². The maximum Gasteiger partial charge on any atom is 0.427 e. The zero-order chi connectivity index (χ0) is 16.3. The van der Waals surface area contributed by atoms with Gasteiger partial charge in [-0.2, -0.15) is 8.78 Å². The van der Waals surface area contributed by atoms with Gasteiger partial charge in [0.25, 0.3) is 0 Å². The molecule has 0 saturated carbocycles. The molecule has 3 nitrogen and oxygen atoms in total. The summed E-state index contributed by atoms with van der Waals surface area (Å²) in [7, 11) is 0. The Morgan fingerprint density at radius 2 is 1.77 bits per heavy atom. The van der Waals surface area contributed by atoms with Crippen molar-refractivity contribution >= 4 is 5.97 Å². The van der Waals surface area contributed by atoms with E-state index in [0.717, 1.165) is 30.3 Å². The zero-order valence-electron chi connectivity index (χ0n) is 11.0. The first-order chi connectivity index (χ1) is 10.3. The van der Waals surface area contributed by atoms with Crippen LogP contribution in [0.15, 0.2) is 42.5 Å². The summed E-state index contributed by atoms with van der Waals surface area (Å²) in [6.07, 6.45) is -3.93. The quantitative estimate of drug-likeness (QED) is 0.844. The Kier molecular flexibility index (Phi) is 4.35. The summed E-state index contributed by atoms with van der Waals surface area (Å²) in [6, 6.07) is 8.02. The standard InChI is InChI=1S/C15H10F4O3/c16-8-15(18,19)22-11-4-1-9(2-5-11)12-7-10(14(20)21)3-6-13(12)17/h1-7H,8H2,(H,20,21). The van der Waals surface area contributed by atoms with Gasteiger partial charge in [-0.3, -0.25) is 0 Å². The van der Waals surface area contributed by atoms with Crippen LogP contribution in [0.25, 0.3) is 11.1 Å². The molecule has 0 saturated heterocycles. The molecular formula is C15H10F4O3. The van der Waals surface area contributed by atoms with E-state index in [4.69, 9.17) is 5.11 Å². The highest BCUT2D eigenvalue weighted by Crippen LogP contribution is 2.28. The number of ether oxygens (including phenoxy) is 1. The number of hydrogen-bond acceptors (Lipinski definition) is 2. The van der Waals surface area contributed by atoms with E-state index in [-0.39, 0.29) is 22.4 Å². The second kappa shape index (κ2) is 6.05. The molecule has 0 atom stereocenters. The highest BCUT2D eigenvalue weighted by atomic mass is 19.3. The third-order valence-electron chi connectivity index (χ3n) is 2.80. The SMILES string of the molecule is O=C(O)c1ccc(F)c(-c2ccc(OC(F)(F)CF)cc2)c1. The molecule has 2 aromatic rings. The molecule has 0 aliphatic heterocycles. The van der Waals surface area contributed by atoms with Gasteiger partial charge in [0.2, 0.25) is 0 Å². The molecule has 0 spiro atoms. The van der Waals surface area contributed by atoms with Gasteiger partial charge in [0.1, 0.15) is 11.6 Å². The van der Waals surface area contributed by atoms with E-state index >= 15 is 0 Å².